The molecule has 24 heavy (non-hydrogen) atoms. The minimum Gasteiger partial charge on any atom is -0.480 e. The highest BCUT2D eigenvalue weighted by Gasteiger charge is 2.16. The fourth-order valence-electron chi connectivity index (χ4n) is 2.13. The second-order valence-electron chi connectivity index (χ2n) is 5.16. The standard InChI is InChI=1S/C15H15ClN2O5S/c1-10-5-6-13(15(21)18(10)8-14(19)20)17-24(22,23)9-11-3-2-4-12(16)7-11/h2-7,17H,8-9H2,1H3,(H,19,20). The molecule has 0 amide bonds. The molecule has 2 N–H and O–H groups in total. The number of nitrogens with zero attached hydrogens (tertiary/aromatic N) is 1. The highest BCUT2D eigenvalue weighted by molar-refractivity contribution is 7.91. The number of pyridine rings is 1. The maximum Gasteiger partial charge on any atom is 0.323 e. The van der Waals surface area contributed by atoms with Crippen LogP contribution in [-0.2, 0) is 27.1 Å². The lowest BCUT2D eigenvalue weighted by Crippen LogP contribution is -2.30. The second-order valence-corrected chi connectivity index (χ2v) is 7.32. The fourth-order valence-corrected chi connectivity index (χ4v) is 3.52. The molecule has 2 aromatic rings. The van der Waals surface area contributed by atoms with Crippen molar-refractivity contribution in [2.24, 2.45) is 0 Å². The quantitative estimate of drug-likeness (QED) is 0.807. The molecule has 9 heteroatoms. The summed E-state index contributed by atoms with van der Waals surface area (Å²) in [4.78, 5) is 23.1. The van der Waals surface area contributed by atoms with Gasteiger partial charge >= 0.3 is 5.97 Å². The topological polar surface area (TPSA) is 105 Å². The van der Waals surface area contributed by atoms with Gasteiger partial charge in [0.1, 0.15) is 12.2 Å². The van der Waals surface area contributed by atoms with E-state index < -0.39 is 28.1 Å². The summed E-state index contributed by atoms with van der Waals surface area (Å²) in [5, 5.41) is 9.25. The van der Waals surface area contributed by atoms with Gasteiger partial charge in [0.05, 0.1) is 5.75 Å². The molecule has 0 fully saturated rings. The predicted molar refractivity (Wildman–Crippen MR) is 90.8 cm³/mol. The Morgan fingerprint density at radius 2 is 2.00 bits per heavy atom. The number of anilines is 1. The summed E-state index contributed by atoms with van der Waals surface area (Å²) in [6.45, 7) is 1.02. The van der Waals surface area contributed by atoms with Crippen LogP contribution in [-0.4, -0.2) is 24.1 Å². The third-order valence-electron chi connectivity index (χ3n) is 3.20. The number of aromatic nitrogens is 1. The molecule has 0 unspecified atom stereocenters. The van der Waals surface area contributed by atoms with Gasteiger partial charge in [0.25, 0.3) is 5.56 Å². The van der Waals surface area contributed by atoms with Gasteiger partial charge in [0, 0.05) is 10.7 Å². The number of halogens is 1. The highest BCUT2D eigenvalue weighted by atomic mass is 35.5. The first-order valence-electron chi connectivity index (χ1n) is 6.85. The van der Waals surface area contributed by atoms with Crippen LogP contribution in [0.5, 0.6) is 0 Å². The number of hydrogen-bond acceptors (Lipinski definition) is 4. The molecule has 1 aromatic heterocycles. The molecule has 0 saturated heterocycles. The normalized spacial score (nSPS) is 11.2. The summed E-state index contributed by atoms with van der Waals surface area (Å²) >= 11 is 5.82. The molecule has 0 bridgehead atoms. The van der Waals surface area contributed by atoms with E-state index in [9.17, 15) is 18.0 Å². The van der Waals surface area contributed by atoms with Gasteiger partial charge in [-0.15, -0.1) is 0 Å². The average Bonchev–Trinajstić information content (AvgIpc) is 2.46. The molecule has 0 spiro atoms. The van der Waals surface area contributed by atoms with Crippen molar-refractivity contribution >= 4 is 33.3 Å². The zero-order valence-corrected chi connectivity index (χ0v) is 14.3. The van der Waals surface area contributed by atoms with Crippen LogP contribution in [0.2, 0.25) is 5.02 Å². The van der Waals surface area contributed by atoms with E-state index in [1.807, 2.05) is 0 Å². The van der Waals surface area contributed by atoms with Gasteiger partial charge in [-0.2, -0.15) is 0 Å². The number of aliphatic carboxylic acids is 1. The number of sulfonamides is 1. The second kappa shape index (κ2) is 7.06. The minimum absolute atomic E-state index is 0.205. The largest absolute Gasteiger partial charge is 0.480 e. The molecule has 0 radical (unpaired) electrons. The van der Waals surface area contributed by atoms with Crippen LogP contribution in [0.15, 0.2) is 41.2 Å². The number of nitrogens with one attached hydrogen (secondary N) is 1. The Bertz CT molecular complexity index is 937. The first-order chi connectivity index (χ1) is 11.2. The van der Waals surface area contributed by atoms with E-state index in [2.05, 4.69) is 4.72 Å². The molecule has 0 saturated carbocycles. The maximum atomic E-state index is 12.3. The lowest BCUT2D eigenvalue weighted by atomic mass is 10.2. The number of rotatable bonds is 6. The molecule has 128 valence electrons. The van der Waals surface area contributed by atoms with Crippen LogP contribution in [0.4, 0.5) is 5.69 Å². The van der Waals surface area contributed by atoms with Crippen molar-refractivity contribution < 1.29 is 18.3 Å². The zero-order chi connectivity index (χ0) is 17.9. The number of aryl methyl sites for hydroxylation is 1. The third kappa shape index (κ3) is 4.59. The Balaban J connectivity index is 2.30. The molecule has 7 nitrogen and oxygen atoms in total. The van der Waals surface area contributed by atoms with Crippen LogP contribution in [0.1, 0.15) is 11.3 Å². The minimum atomic E-state index is -3.85. The lowest BCUT2D eigenvalue weighted by molar-refractivity contribution is -0.137. The molecule has 1 heterocycles. The first-order valence-corrected chi connectivity index (χ1v) is 8.88. The summed E-state index contributed by atoms with van der Waals surface area (Å²) in [7, 11) is -3.85. The summed E-state index contributed by atoms with van der Waals surface area (Å²) in [5.41, 5.74) is -0.0379. The molecule has 1 aromatic carbocycles. The van der Waals surface area contributed by atoms with Crippen molar-refractivity contribution in [2.75, 3.05) is 4.72 Å². The van der Waals surface area contributed by atoms with Crippen LogP contribution in [0.3, 0.4) is 0 Å². The van der Waals surface area contributed by atoms with Crippen molar-refractivity contribution in [3.05, 3.63) is 63.0 Å². The van der Waals surface area contributed by atoms with Crippen molar-refractivity contribution in [3.8, 4) is 0 Å². The van der Waals surface area contributed by atoms with Crippen LogP contribution < -0.4 is 10.3 Å². The van der Waals surface area contributed by atoms with E-state index in [4.69, 9.17) is 16.7 Å². The van der Waals surface area contributed by atoms with E-state index in [0.717, 1.165) is 4.57 Å². The SMILES string of the molecule is Cc1ccc(NS(=O)(=O)Cc2cccc(Cl)c2)c(=O)n1CC(=O)O. The van der Waals surface area contributed by atoms with Crippen LogP contribution in [0.25, 0.3) is 0 Å². The summed E-state index contributed by atoms with van der Waals surface area (Å²) in [6.07, 6.45) is 0. The van der Waals surface area contributed by atoms with Crippen LogP contribution in [0, 0.1) is 6.92 Å². The summed E-state index contributed by atoms with van der Waals surface area (Å²) in [5.74, 6) is -1.56. The van der Waals surface area contributed by atoms with Gasteiger partial charge in [-0.1, -0.05) is 23.7 Å². The van der Waals surface area contributed by atoms with E-state index in [0.29, 0.717) is 16.3 Å². The average molecular weight is 371 g/mol. The molecule has 0 aliphatic rings. The molecular weight excluding hydrogens is 356 g/mol. The first kappa shape index (κ1) is 18.0. The number of benzene rings is 1. The molecule has 0 aliphatic carbocycles. The van der Waals surface area contributed by atoms with Crippen LogP contribution >= 0.6 is 11.6 Å². The van der Waals surface area contributed by atoms with Crippen molar-refractivity contribution in [1.29, 1.82) is 0 Å². The smallest absolute Gasteiger partial charge is 0.323 e. The monoisotopic (exact) mass is 370 g/mol. The lowest BCUT2D eigenvalue weighted by Gasteiger charge is -2.12. The number of carboxylic acid groups (broad SMARTS) is 1. The van der Waals surface area contributed by atoms with Gasteiger partial charge in [0.2, 0.25) is 10.0 Å². The summed E-state index contributed by atoms with van der Waals surface area (Å²) < 4.78 is 27.6. The molecular formula is C15H15ClN2O5S. The molecule has 0 aliphatic heterocycles. The Hall–Kier alpha value is -2.32. The van der Waals surface area contributed by atoms with E-state index >= 15 is 0 Å². The highest BCUT2D eigenvalue weighted by Crippen LogP contribution is 2.15. The summed E-state index contributed by atoms with van der Waals surface area (Å²) in [6, 6.07) is 9.14. The van der Waals surface area contributed by atoms with Gasteiger partial charge in [-0.3, -0.25) is 18.9 Å². The Morgan fingerprint density at radius 3 is 2.62 bits per heavy atom. The van der Waals surface area contributed by atoms with Gasteiger partial charge in [-0.05, 0) is 36.8 Å². The van der Waals surface area contributed by atoms with Crippen molar-refractivity contribution in [2.45, 2.75) is 19.2 Å². The Morgan fingerprint density at radius 1 is 1.29 bits per heavy atom. The molecule has 0 atom stereocenters. The third-order valence-corrected chi connectivity index (χ3v) is 4.68. The molecule has 2 rings (SSSR count). The Labute approximate surface area is 143 Å². The predicted octanol–water partition coefficient (Wildman–Crippen LogP) is 1.84. The van der Waals surface area contributed by atoms with E-state index in [-0.39, 0.29) is 11.4 Å². The Kier molecular flexibility index (Phi) is 5.30. The van der Waals surface area contributed by atoms with E-state index in [1.54, 1.807) is 25.1 Å². The van der Waals surface area contributed by atoms with Gasteiger partial charge in [0.15, 0.2) is 0 Å². The fraction of sp³-hybridized carbons (Fsp3) is 0.200. The number of carboxylic acids is 1. The number of hydrogen-bond donors (Lipinski definition) is 2. The van der Waals surface area contributed by atoms with E-state index in [1.165, 1.54) is 18.2 Å². The maximum absolute atomic E-state index is 12.3. The van der Waals surface area contributed by atoms with Gasteiger partial charge in [-0.25, -0.2) is 8.42 Å². The van der Waals surface area contributed by atoms with Crippen molar-refractivity contribution in [1.82, 2.24) is 4.57 Å². The number of carbonyl (C=O) groups is 1. The zero-order valence-electron chi connectivity index (χ0n) is 12.7. The van der Waals surface area contributed by atoms with Crippen molar-refractivity contribution in [3.63, 3.8) is 0 Å². The van der Waals surface area contributed by atoms with Gasteiger partial charge < -0.3 is 5.11 Å².